The van der Waals surface area contributed by atoms with Gasteiger partial charge in [0.2, 0.25) is 5.92 Å². The zero-order valence-corrected chi connectivity index (χ0v) is 13.8. The average Bonchev–Trinajstić information content (AvgIpc) is 2.81. The third-order valence-corrected chi connectivity index (χ3v) is 3.56. The molecule has 0 radical (unpaired) electrons. The zero-order valence-electron chi connectivity index (χ0n) is 13.8. The smallest absolute Gasteiger partial charge is 0.328 e. The predicted molar refractivity (Wildman–Crippen MR) is 83.6 cm³/mol. The summed E-state index contributed by atoms with van der Waals surface area (Å²) in [6, 6.07) is 6.12. The summed E-state index contributed by atoms with van der Waals surface area (Å²) in [6.45, 7) is 2.27. The Kier molecular flexibility index (Phi) is 5.63. The van der Waals surface area contributed by atoms with Crippen molar-refractivity contribution in [3.8, 4) is 0 Å². The SMILES string of the molecule is CCOC(=O)C(C(=O)CN1C(=O)c2ccccc2C1=O)C(=O)OCC. The van der Waals surface area contributed by atoms with Crippen molar-refractivity contribution in [3.63, 3.8) is 0 Å². The molecule has 0 spiro atoms. The van der Waals surface area contributed by atoms with E-state index in [4.69, 9.17) is 9.47 Å². The summed E-state index contributed by atoms with van der Waals surface area (Å²) in [5.41, 5.74) is 0.341. The topological polar surface area (TPSA) is 107 Å². The van der Waals surface area contributed by atoms with Crippen LogP contribution in [0.4, 0.5) is 0 Å². The van der Waals surface area contributed by atoms with Crippen molar-refractivity contribution in [1.82, 2.24) is 4.90 Å². The maximum absolute atomic E-state index is 12.4. The van der Waals surface area contributed by atoms with Crippen molar-refractivity contribution in [2.24, 2.45) is 5.92 Å². The molecule has 0 saturated carbocycles. The van der Waals surface area contributed by atoms with E-state index in [1.807, 2.05) is 0 Å². The number of ether oxygens (including phenoxy) is 2. The molecule has 132 valence electrons. The molecule has 2 rings (SSSR count). The number of imide groups is 1. The molecule has 0 N–H and O–H groups in total. The fraction of sp³-hybridized carbons (Fsp3) is 0.353. The lowest BCUT2D eigenvalue weighted by Crippen LogP contribution is -2.43. The van der Waals surface area contributed by atoms with Crippen LogP contribution in [0.3, 0.4) is 0 Å². The van der Waals surface area contributed by atoms with Gasteiger partial charge in [-0.15, -0.1) is 0 Å². The van der Waals surface area contributed by atoms with Crippen LogP contribution in [0, 0.1) is 5.92 Å². The van der Waals surface area contributed by atoms with E-state index in [1.165, 1.54) is 26.0 Å². The van der Waals surface area contributed by atoms with Gasteiger partial charge in [0.05, 0.1) is 30.9 Å². The Balaban J connectivity index is 2.21. The van der Waals surface area contributed by atoms with E-state index in [0.717, 1.165) is 0 Å². The predicted octanol–water partition coefficient (Wildman–Crippen LogP) is 0.594. The van der Waals surface area contributed by atoms with E-state index in [2.05, 4.69) is 0 Å². The van der Waals surface area contributed by atoms with Crippen molar-refractivity contribution in [3.05, 3.63) is 35.4 Å². The van der Waals surface area contributed by atoms with Crippen molar-refractivity contribution in [2.45, 2.75) is 13.8 Å². The lowest BCUT2D eigenvalue weighted by Gasteiger charge is -2.17. The number of hydrogen-bond acceptors (Lipinski definition) is 7. The fourth-order valence-corrected chi connectivity index (χ4v) is 2.44. The molecule has 0 unspecified atom stereocenters. The van der Waals surface area contributed by atoms with Crippen LogP contribution in [0.25, 0.3) is 0 Å². The molecule has 0 bridgehead atoms. The third kappa shape index (κ3) is 3.57. The van der Waals surface area contributed by atoms with E-state index in [0.29, 0.717) is 4.90 Å². The highest BCUT2D eigenvalue weighted by Gasteiger charge is 2.42. The van der Waals surface area contributed by atoms with Gasteiger partial charge in [-0.2, -0.15) is 0 Å². The first-order valence-electron chi connectivity index (χ1n) is 7.73. The maximum Gasteiger partial charge on any atom is 0.328 e. The number of nitrogens with zero attached hydrogens (tertiary/aromatic N) is 1. The molecule has 8 nitrogen and oxygen atoms in total. The number of esters is 2. The molecule has 0 saturated heterocycles. The summed E-state index contributed by atoms with van der Waals surface area (Å²) in [5, 5.41) is 0. The fourth-order valence-electron chi connectivity index (χ4n) is 2.44. The van der Waals surface area contributed by atoms with E-state index in [9.17, 15) is 24.0 Å². The van der Waals surface area contributed by atoms with Crippen LogP contribution >= 0.6 is 0 Å². The molecule has 25 heavy (non-hydrogen) atoms. The Morgan fingerprint density at radius 3 is 1.76 bits per heavy atom. The van der Waals surface area contributed by atoms with Gasteiger partial charge in [0.15, 0.2) is 5.78 Å². The molecule has 2 amide bonds. The summed E-state index contributed by atoms with van der Waals surface area (Å²) in [4.78, 5) is 61.5. The Labute approximate surface area is 143 Å². The van der Waals surface area contributed by atoms with E-state index in [-0.39, 0.29) is 24.3 Å². The minimum absolute atomic E-state index is 0.0327. The Bertz CT molecular complexity index is 687. The van der Waals surface area contributed by atoms with Gasteiger partial charge in [0.1, 0.15) is 0 Å². The van der Waals surface area contributed by atoms with Crippen LogP contribution in [0.15, 0.2) is 24.3 Å². The molecule has 1 aromatic carbocycles. The highest BCUT2D eigenvalue weighted by atomic mass is 16.6. The molecule has 0 atom stereocenters. The van der Waals surface area contributed by atoms with Gasteiger partial charge in [0.25, 0.3) is 11.8 Å². The minimum atomic E-state index is -1.83. The Morgan fingerprint density at radius 1 is 0.920 bits per heavy atom. The molecule has 0 fully saturated rings. The molecule has 8 heteroatoms. The molecular weight excluding hydrogens is 330 g/mol. The number of fused-ring (bicyclic) bond motifs is 1. The summed E-state index contributed by atoms with van der Waals surface area (Å²) >= 11 is 0. The third-order valence-electron chi connectivity index (χ3n) is 3.56. The number of carbonyl (C=O) groups is 5. The van der Waals surface area contributed by atoms with Crippen LogP contribution in [0.2, 0.25) is 0 Å². The summed E-state index contributed by atoms with van der Waals surface area (Å²) in [6.07, 6.45) is 0. The number of amides is 2. The van der Waals surface area contributed by atoms with Crippen LogP contribution in [-0.2, 0) is 23.9 Å². The van der Waals surface area contributed by atoms with Crippen molar-refractivity contribution >= 4 is 29.5 Å². The Hall–Kier alpha value is -3.03. The highest BCUT2D eigenvalue weighted by Crippen LogP contribution is 2.22. The molecular formula is C17H17NO7. The van der Waals surface area contributed by atoms with E-state index in [1.54, 1.807) is 12.1 Å². The van der Waals surface area contributed by atoms with Crippen LogP contribution in [0.1, 0.15) is 34.6 Å². The van der Waals surface area contributed by atoms with Crippen LogP contribution < -0.4 is 0 Å². The normalized spacial score (nSPS) is 13.0. The van der Waals surface area contributed by atoms with Crippen molar-refractivity contribution in [2.75, 3.05) is 19.8 Å². The molecule has 0 aliphatic carbocycles. The quantitative estimate of drug-likeness (QED) is 0.404. The summed E-state index contributed by atoms with van der Waals surface area (Å²) in [7, 11) is 0. The monoisotopic (exact) mass is 347 g/mol. The summed E-state index contributed by atoms with van der Waals surface area (Å²) < 4.78 is 9.45. The number of hydrogen-bond donors (Lipinski definition) is 0. The highest BCUT2D eigenvalue weighted by molar-refractivity contribution is 6.24. The number of rotatable bonds is 7. The standard InChI is InChI=1S/C17H17NO7/c1-3-24-16(22)13(17(23)25-4-2)12(19)9-18-14(20)10-7-5-6-8-11(10)15(18)21/h5-8,13H,3-4,9H2,1-2H3. The largest absolute Gasteiger partial charge is 0.465 e. The first kappa shape index (κ1) is 18.3. The first-order valence-corrected chi connectivity index (χ1v) is 7.73. The average molecular weight is 347 g/mol. The van der Waals surface area contributed by atoms with Crippen molar-refractivity contribution < 1.29 is 33.4 Å². The minimum Gasteiger partial charge on any atom is -0.465 e. The Morgan fingerprint density at radius 2 is 1.36 bits per heavy atom. The number of benzene rings is 1. The van der Waals surface area contributed by atoms with Gasteiger partial charge in [0, 0.05) is 0 Å². The van der Waals surface area contributed by atoms with Gasteiger partial charge >= 0.3 is 11.9 Å². The van der Waals surface area contributed by atoms with Crippen LogP contribution in [0.5, 0.6) is 0 Å². The molecule has 1 heterocycles. The second-order valence-corrected chi connectivity index (χ2v) is 5.15. The lowest BCUT2D eigenvalue weighted by molar-refractivity contribution is -0.164. The maximum atomic E-state index is 12.4. The zero-order chi connectivity index (χ0) is 18.6. The molecule has 0 aromatic heterocycles. The first-order chi connectivity index (χ1) is 11.9. The van der Waals surface area contributed by atoms with E-state index < -0.39 is 42.0 Å². The molecule has 1 aliphatic rings. The second kappa shape index (κ2) is 7.69. The lowest BCUT2D eigenvalue weighted by atomic mass is 10.0. The number of Topliss-reactive ketones (excluding diaryl/α,β-unsaturated/α-hetero) is 1. The molecule has 1 aromatic rings. The van der Waals surface area contributed by atoms with E-state index >= 15 is 0 Å². The second-order valence-electron chi connectivity index (χ2n) is 5.15. The van der Waals surface area contributed by atoms with Gasteiger partial charge < -0.3 is 9.47 Å². The van der Waals surface area contributed by atoms with Crippen molar-refractivity contribution in [1.29, 1.82) is 0 Å². The summed E-state index contributed by atoms with van der Waals surface area (Å²) in [5.74, 6) is -6.21. The van der Waals surface area contributed by atoms with Crippen LogP contribution in [-0.4, -0.2) is 54.2 Å². The number of ketones is 1. The van der Waals surface area contributed by atoms with Gasteiger partial charge in [-0.3, -0.25) is 28.9 Å². The van der Waals surface area contributed by atoms with Gasteiger partial charge in [-0.05, 0) is 26.0 Å². The molecule has 1 aliphatic heterocycles. The number of carbonyl (C=O) groups excluding carboxylic acids is 5. The van der Waals surface area contributed by atoms with Gasteiger partial charge in [-0.1, -0.05) is 12.1 Å². The van der Waals surface area contributed by atoms with Gasteiger partial charge in [-0.25, -0.2) is 0 Å².